The maximum absolute atomic E-state index is 5.64. The van der Waals surface area contributed by atoms with Gasteiger partial charge in [-0.2, -0.15) is 0 Å². The van der Waals surface area contributed by atoms with E-state index in [4.69, 9.17) is 4.42 Å². The average molecular weight is 308 g/mol. The zero-order valence-electron chi connectivity index (χ0n) is 13.3. The van der Waals surface area contributed by atoms with E-state index in [1.807, 2.05) is 12.6 Å². The summed E-state index contributed by atoms with van der Waals surface area (Å²) >= 11 is 0. The lowest BCUT2D eigenvalue weighted by Gasteiger charge is -2.30. The molecule has 1 aliphatic carbocycles. The molecule has 0 atom stereocenters. The second-order valence-electron chi connectivity index (χ2n) is 6.76. The minimum absolute atomic E-state index is 0.575. The summed E-state index contributed by atoms with van der Waals surface area (Å²) in [7, 11) is 2.05. The molecular weight excluding hydrogens is 288 g/mol. The van der Waals surface area contributed by atoms with Crippen LogP contribution in [0.3, 0.4) is 0 Å². The van der Waals surface area contributed by atoms with Crippen LogP contribution >= 0.6 is 0 Å². The fraction of sp³-hybridized carbons (Fsp3) is 0.444. The molecule has 0 bridgehead atoms. The van der Waals surface area contributed by atoms with Crippen LogP contribution < -0.4 is 4.90 Å². The quantitative estimate of drug-likeness (QED) is 0.744. The number of anilines is 1. The summed E-state index contributed by atoms with van der Waals surface area (Å²) in [6.45, 7) is 1.89. The first-order valence-corrected chi connectivity index (χ1v) is 8.42. The lowest BCUT2D eigenvalue weighted by molar-refractivity contribution is 0.497. The molecule has 1 saturated carbocycles. The van der Waals surface area contributed by atoms with Crippen LogP contribution in [0.1, 0.15) is 42.3 Å². The third-order valence-corrected chi connectivity index (χ3v) is 5.02. The van der Waals surface area contributed by atoms with Gasteiger partial charge in [-0.1, -0.05) is 0 Å². The van der Waals surface area contributed by atoms with Gasteiger partial charge in [-0.3, -0.25) is 0 Å². The zero-order valence-corrected chi connectivity index (χ0v) is 13.3. The average Bonchev–Trinajstić information content (AvgIpc) is 3.20. The third kappa shape index (κ3) is 2.14. The Morgan fingerprint density at radius 1 is 1.30 bits per heavy atom. The van der Waals surface area contributed by atoms with Crippen molar-refractivity contribution >= 4 is 16.7 Å². The van der Waals surface area contributed by atoms with Gasteiger partial charge in [0, 0.05) is 30.8 Å². The lowest BCUT2D eigenvalue weighted by Crippen LogP contribution is -2.29. The summed E-state index contributed by atoms with van der Waals surface area (Å²) in [5.74, 6) is 1.50. The van der Waals surface area contributed by atoms with Gasteiger partial charge >= 0.3 is 0 Å². The number of benzene rings is 1. The van der Waals surface area contributed by atoms with Crippen molar-refractivity contribution in [3.63, 3.8) is 0 Å². The number of aryl methyl sites for hydroxylation is 2. The molecule has 2 aromatic heterocycles. The van der Waals surface area contributed by atoms with E-state index in [2.05, 4.69) is 38.6 Å². The molecule has 0 unspecified atom stereocenters. The van der Waals surface area contributed by atoms with Gasteiger partial charge in [0.2, 0.25) is 0 Å². The molecule has 1 aliphatic heterocycles. The first kappa shape index (κ1) is 13.2. The number of imidazole rings is 1. The van der Waals surface area contributed by atoms with Crippen molar-refractivity contribution in [1.29, 1.82) is 0 Å². The highest BCUT2D eigenvalue weighted by atomic mass is 16.3. The molecule has 1 fully saturated rings. The van der Waals surface area contributed by atoms with Crippen molar-refractivity contribution in [2.75, 3.05) is 11.4 Å². The predicted molar refractivity (Wildman–Crippen MR) is 88.6 cm³/mol. The Morgan fingerprint density at radius 3 is 3.09 bits per heavy atom. The second-order valence-corrected chi connectivity index (χ2v) is 6.76. The highest BCUT2D eigenvalue weighted by Gasteiger charge is 2.29. The van der Waals surface area contributed by atoms with E-state index in [1.165, 1.54) is 29.6 Å². The van der Waals surface area contributed by atoms with E-state index in [0.29, 0.717) is 5.92 Å². The van der Waals surface area contributed by atoms with Gasteiger partial charge in [0.15, 0.2) is 5.89 Å². The minimum Gasteiger partial charge on any atom is -0.448 e. The number of nitrogens with zero attached hydrogens (tertiary/aromatic N) is 4. The molecule has 0 spiro atoms. The van der Waals surface area contributed by atoms with Crippen LogP contribution in [0.5, 0.6) is 0 Å². The monoisotopic (exact) mass is 308 g/mol. The van der Waals surface area contributed by atoms with Crippen LogP contribution in [0, 0.1) is 0 Å². The largest absolute Gasteiger partial charge is 0.448 e. The van der Waals surface area contributed by atoms with E-state index >= 15 is 0 Å². The molecule has 5 heteroatoms. The molecule has 1 aromatic carbocycles. The Morgan fingerprint density at radius 2 is 2.22 bits per heavy atom. The Balaban J connectivity index is 1.49. The Kier molecular flexibility index (Phi) is 2.77. The Hall–Kier alpha value is -2.30. The van der Waals surface area contributed by atoms with Crippen molar-refractivity contribution in [3.05, 3.63) is 41.9 Å². The number of fused-ring (bicyclic) bond motifs is 3. The van der Waals surface area contributed by atoms with Crippen LogP contribution in [0.4, 0.5) is 5.69 Å². The molecule has 0 amide bonds. The highest BCUT2D eigenvalue weighted by Crippen LogP contribution is 2.39. The van der Waals surface area contributed by atoms with Crippen molar-refractivity contribution in [2.24, 2.45) is 7.05 Å². The summed E-state index contributed by atoms with van der Waals surface area (Å²) in [5, 5.41) is 0. The highest BCUT2D eigenvalue weighted by molar-refractivity contribution is 5.85. The van der Waals surface area contributed by atoms with Gasteiger partial charge < -0.3 is 13.9 Å². The van der Waals surface area contributed by atoms with Gasteiger partial charge in [0.05, 0.1) is 29.6 Å². The molecule has 2 aliphatic rings. The molecule has 0 N–H and O–H groups in total. The molecule has 5 rings (SSSR count). The normalized spacial score (nSPS) is 17.7. The predicted octanol–water partition coefficient (Wildman–Crippen LogP) is 3.39. The summed E-state index contributed by atoms with van der Waals surface area (Å²) < 4.78 is 7.73. The van der Waals surface area contributed by atoms with Gasteiger partial charge in [-0.15, -0.1) is 0 Å². The fourth-order valence-corrected chi connectivity index (χ4v) is 3.63. The number of rotatable bonds is 3. The Bertz CT molecular complexity index is 874. The van der Waals surface area contributed by atoms with Gasteiger partial charge in [0.1, 0.15) is 6.26 Å². The van der Waals surface area contributed by atoms with Crippen molar-refractivity contribution < 1.29 is 4.42 Å². The third-order valence-electron chi connectivity index (χ3n) is 5.02. The fourth-order valence-electron chi connectivity index (χ4n) is 3.63. The molecule has 0 saturated heterocycles. The SMILES string of the molecule is Cn1cnc2c3c(ccc21)N(Cc1coc(C2CC2)n1)CCC3. The maximum atomic E-state index is 5.64. The molecule has 3 heterocycles. The number of hydrogen-bond acceptors (Lipinski definition) is 4. The molecule has 23 heavy (non-hydrogen) atoms. The molecule has 5 nitrogen and oxygen atoms in total. The summed E-state index contributed by atoms with van der Waals surface area (Å²) in [6.07, 6.45) is 8.46. The van der Waals surface area contributed by atoms with Crippen molar-refractivity contribution in [3.8, 4) is 0 Å². The molecule has 0 radical (unpaired) electrons. The van der Waals surface area contributed by atoms with Crippen molar-refractivity contribution in [2.45, 2.75) is 38.1 Å². The number of aromatic nitrogens is 3. The summed E-state index contributed by atoms with van der Waals surface area (Å²) in [6, 6.07) is 4.41. The van der Waals surface area contributed by atoms with Crippen LogP contribution in [0.15, 0.2) is 29.1 Å². The van der Waals surface area contributed by atoms with E-state index < -0.39 is 0 Å². The summed E-state index contributed by atoms with van der Waals surface area (Å²) in [4.78, 5) is 11.7. The first-order chi connectivity index (χ1) is 11.3. The number of oxazole rings is 1. The molecular formula is C18H20N4O. The second kappa shape index (κ2) is 4.85. The maximum Gasteiger partial charge on any atom is 0.197 e. The summed E-state index contributed by atoms with van der Waals surface area (Å²) in [5.41, 5.74) is 6.08. The van der Waals surface area contributed by atoms with Gasteiger partial charge in [-0.25, -0.2) is 9.97 Å². The van der Waals surface area contributed by atoms with Gasteiger partial charge in [0.25, 0.3) is 0 Å². The van der Waals surface area contributed by atoms with Crippen LogP contribution in [0.25, 0.3) is 11.0 Å². The van der Waals surface area contributed by atoms with Gasteiger partial charge in [-0.05, 0) is 37.8 Å². The number of hydrogen-bond donors (Lipinski definition) is 0. The zero-order chi connectivity index (χ0) is 15.4. The molecule has 118 valence electrons. The van der Waals surface area contributed by atoms with Crippen LogP contribution in [-0.4, -0.2) is 21.1 Å². The van der Waals surface area contributed by atoms with Crippen LogP contribution in [0.2, 0.25) is 0 Å². The van der Waals surface area contributed by atoms with E-state index in [9.17, 15) is 0 Å². The van der Waals surface area contributed by atoms with E-state index in [0.717, 1.165) is 43.0 Å². The smallest absolute Gasteiger partial charge is 0.197 e. The topological polar surface area (TPSA) is 47.1 Å². The minimum atomic E-state index is 0.575. The Labute approximate surface area is 134 Å². The first-order valence-electron chi connectivity index (χ1n) is 8.42. The van der Waals surface area contributed by atoms with Crippen molar-refractivity contribution in [1.82, 2.24) is 14.5 Å². The lowest BCUT2D eigenvalue weighted by atomic mass is 10.00. The standard InChI is InChI=1S/C18H20N4O/c1-21-11-19-17-14-3-2-8-22(15(14)6-7-16(17)21)9-13-10-23-18(20-13)12-4-5-12/h6-7,10-12H,2-5,8-9H2,1H3. The van der Waals surface area contributed by atoms with E-state index in [-0.39, 0.29) is 0 Å². The van der Waals surface area contributed by atoms with Crippen LogP contribution in [-0.2, 0) is 20.0 Å². The molecule has 3 aromatic rings. The van der Waals surface area contributed by atoms with E-state index in [1.54, 1.807) is 0 Å².